The summed E-state index contributed by atoms with van der Waals surface area (Å²) in [6, 6.07) is 13.1. The number of ether oxygens (including phenoxy) is 3. The van der Waals surface area contributed by atoms with Crippen LogP contribution in [0, 0.1) is 0 Å². The number of hydrogen-bond donors (Lipinski definition) is 0. The van der Waals surface area contributed by atoms with Crippen molar-refractivity contribution in [2.24, 2.45) is 0 Å². The zero-order chi connectivity index (χ0) is 22.3. The Labute approximate surface area is 187 Å². The van der Waals surface area contributed by atoms with Gasteiger partial charge in [-0.1, -0.05) is 52.2 Å². The molecule has 0 heterocycles. The van der Waals surface area contributed by atoms with Crippen LogP contribution in [0.25, 0.3) is 6.08 Å². The SMILES string of the molecule is CCCCOc1cccc(C(=O)C=Cc2cc(OCCCC)ccc2OCCCC)c1. The fourth-order valence-electron chi connectivity index (χ4n) is 2.87. The largest absolute Gasteiger partial charge is 0.494 e. The van der Waals surface area contributed by atoms with Gasteiger partial charge in [-0.05, 0) is 61.7 Å². The number of rotatable bonds is 15. The molecule has 4 heteroatoms. The van der Waals surface area contributed by atoms with Crippen molar-refractivity contribution in [3.8, 4) is 17.2 Å². The molecule has 2 aromatic rings. The summed E-state index contributed by atoms with van der Waals surface area (Å²) < 4.78 is 17.5. The summed E-state index contributed by atoms with van der Waals surface area (Å²) in [5.41, 5.74) is 1.45. The first kappa shape index (κ1) is 24.5. The average molecular weight is 425 g/mol. The molecule has 0 aliphatic heterocycles. The molecule has 4 nitrogen and oxygen atoms in total. The van der Waals surface area contributed by atoms with Crippen molar-refractivity contribution in [3.63, 3.8) is 0 Å². The van der Waals surface area contributed by atoms with E-state index >= 15 is 0 Å². The Balaban J connectivity index is 2.14. The molecule has 0 amide bonds. The minimum Gasteiger partial charge on any atom is -0.494 e. The van der Waals surface area contributed by atoms with Crippen LogP contribution in [0.1, 0.15) is 75.2 Å². The van der Waals surface area contributed by atoms with Crippen molar-refractivity contribution in [2.45, 2.75) is 59.3 Å². The zero-order valence-corrected chi connectivity index (χ0v) is 19.2. The highest BCUT2D eigenvalue weighted by Gasteiger charge is 2.07. The smallest absolute Gasteiger partial charge is 0.185 e. The average Bonchev–Trinajstić information content (AvgIpc) is 2.79. The van der Waals surface area contributed by atoms with Gasteiger partial charge in [0.2, 0.25) is 0 Å². The van der Waals surface area contributed by atoms with E-state index in [1.165, 1.54) is 0 Å². The molecule has 0 aliphatic rings. The first-order chi connectivity index (χ1) is 15.2. The third-order valence-electron chi connectivity index (χ3n) is 4.80. The Kier molecular flexibility index (Phi) is 11.3. The maximum Gasteiger partial charge on any atom is 0.185 e. The van der Waals surface area contributed by atoms with Crippen molar-refractivity contribution in [3.05, 3.63) is 59.7 Å². The van der Waals surface area contributed by atoms with Crippen LogP contribution in [0.15, 0.2) is 48.5 Å². The summed E-state index contributed by atoms with van der Waals surface area (Å²) >= 11 is 0. The number of benzene rings is 2. The Hall–Kier alpha value is -2.75. The van der Waals surface area contributed by atoms with E-state index in [1.54, 1.807) is 18.2 Å². The van der Waals surface area contributed by atoms with E-state index < -0.39 is 0 Å². The van der Waals surface area contributed by atoms with Crippen LogP contribution in [0.5, 0.6) is 17.2 Å². The lowest BCUT2D eigenvalue weighted by atomic mass is 10.1. The maximum absolute atomic E-state index is 12.8. The van der Waals surface area contributed by atoms with Gasteiger partial charge < -0.3 is 14.2 Å². The molecule has 0 radical (unpaired) electrons. The summed E-state index contributed by atoms with van der Waals surface area (Å²) in [5, 5.41) is 0. The van der Waals surface area contributed by atoms with E-state index in [2.05, 4.69) is 20.8 Å². The Morgan fingerprint density at radius 3 is 2.03 bits per heavy atom. The van der Waals surface area contributed by atoms with Crippen molar-refractivity contribution in [1.29, 1.82) is 0 Å². The van der Waals surface area contributed by atoms with Crippen LogP contribution < -0.4 is 14.2 Å². The standard InChI is InChI=1S/C27H36O4/c1-4-7-17-29-24-12-10-11-22(20-24)26(28)15-13-23-21-25(30-18-8-5-2)14-16-27(23)31-19-9-6-3/h10-16,20-21H,4-9,17-19H2,1-3H3. The van der Waals surface area contributed by atoms with Crippen LogP contribution in [0.4, 0.5) is 0 Å². The second-order valence-corrected chi connectivity index (χ2v) is 7.53. The second kappa shape index (κ2) is 14.3. The molecule has 0 bridgehead atoms. The van der Waals surface area contributed by atoms with Crippen LogP contribution in [0.2, 0.25) is 0 Å². The van der Waals surface area contributed by atoms with Gasteiger partial charge >= 0.3 is 0 Å². The van der Waals surface area contributed by atoms with Crippen LogP contribution in [0.3, 0.4) is 0 Å². The molecular formula is C27H36O4. The minimum atomic E-state index is -0.0715. The summed E-state index contributed by atoms with van der Waals surface area (Å²) in [7, 11) is 0. The Bertz CT molecular complexity index is 826. The van der Waals surface area contributed by atoms with Gasteiger partial charge in [0.05, 0.1) is 19.8 Å². The zero-order valence-electron chi connectivity index (χ0n) is 19.2. The van der Waals surface area contributed by atoms with Crippen molar-refractivity contribution >= 4 is 11.9 Å². The van der Waals surface area contributed by atoms with E-state index in [9.17, 15) is 4.79 Å². The molecule has 31 heavy (non-hydrogen) atoms. The van der Waals surface area contributed by atoms with Crippen LogP contribution in [-0.2, 0) is 0 Å². The molecule has 0 unspecified atom stereocenters. The monoisotopic (exact) mass is 424 g/mol. The molecule has 0 fully saturated rings. The minimum absolute atomic E-state index is 0.0715. The van der Waals surface area contributed by atoms with E-state index in [-0.39, 0.29) is 5.78 Å². The second-order valence-electron chi connectivity index (χ2n) is 7.53. The number of carbonyl (C=O) groups excluding carboxylic acids is 1. The Morgan fingerprint density at radius 1 is 0.774 bits per heavy atom. The summed E-state index contributed by atoms with van der Waals surface area (Å²) in [6.45, 7) is 8.38. The van der Waals surface area contributed by atoms with Crippen molar-refractivity contribution in [1.82, 2.24) is 0 Å². The van der Waals surface area contributed by atoms with E-state index in [4.69, 9.17) is 14.2 Å². The molecule has 168 valence electrons. The molecule has 0 spiro atoms. The predicted octanol–water partition coefficient (Wildman–Crippen LogP) is 7.12. The van der Waals surface area contributed by atoms with E-state index in [0.29, 0.717) is 25.4 Å². The highest BCUT2D eigenvalue weighted by molar-refractivity contribution is 6.07. The third kappa shape index (κ3) is 8.87. The quantitative estimate of drug-likeness (QED) is 0.173. The number of unbranched alkanes of at least 4 members (excludes halogenated alkanes) is 3. The molecule has 0 atom stereocenters. The van der Waals surface area contributed by atoms with Crippen molar-refractivity contribution < 1.29 is 19.0 Å². The summed E-state index contributed by atoms with van der Waals surface area (Å²) in [4.78, 5) is 12.8. The normalized spacial score (nSPS) is 10.9. The van der Waals surface area contributed by atoms with Gasteiger partial charge in [0, 0.05) is 11.1 Å². The van der Waals surface area contributed by atoms with Crippen LogP contribution in [-0.4, -0.2) is 25.6 Å². The highest BCUT2D eigenvalue weighted by atomic mass is 16.5. The van der Waals surface area contributed by atoms with Crippen LogP contribution >= 0.6 is 0 Å². The molecule has 0 aliphatic carbocycles. The van der Waals surface area contributed by atoms with Gasteiger partial charge in [-0.15, -0.1) is 0 Å². The highest BCUT2D eigenvalue weighted by Crippen LogP contribution is 2.26. The molecular weight excluding hydrogens is 388 g/mol. The third-order valence-corrected chi connectivity index (χ3v) is 4.80. The van der Waals surface area contributed by atoms with Gasteiger partial charge in [0.15, 0.2) is 5.78 Å². The number of hydrogen-bond acceptors (Lipinski definition) is 4. The van der Waals surface area contributed by atoms with Gasteiger partial charge in [0.25, 0.3) is 0 Å². The Morgan fingerprint density at radius 2 is 1.39 bits per heavy atom. The first-order valence-electron chi connectivity index (χ1n) is 11.5. The summed E-state index contributed by atoms with van der Waals surface area (Å²) in [5.74, 6) is 2.20. The molecule has 0 aromatic heterocycles. The molecule has 2 aromatic carbocycles. The van der Waals surface area contributed by atoms with Gasteiger partial charge in [-0.3, -0.25) is 4.79 Å². The predicted molar refractivity (Wildman–Crippen MR) is 127 cm³/mol. The number of ketones is 1. The lowest BCUT2D eigenvalue weighted by Gasteiger charge is -2.12. The van der Waals surface area contributed by atoms with Gasteiger partial charge in [-0.25, -0.2) is 0 Å². The first-order valence-corrected chi connectivity index (χ1v) is 11.5. The molecule has 0 saturated heterocycles. The number of allylic oxidation sites excluding steroid dienone is 1. The lowest BCUT2D eigenvalue weighted by Crippen LogP contribution is -2.01. The van der Waals surface area contributed by atoms with E-state index in [0.717, 1.165) is 61.3 Å². The van der Waals surface area contributed by atoms with Crippen molar-refractivity contribution in [2.75, 3.05) is 19.8 Å². The topological polar surface area (TPSA) is 44.8 Å². The maximum atomic E-state index is 12.8. The van der Waals surface area contributed by atoms with E-state index in [1.807, 2.05) is 36.4 Å². The lowest BCUT2D eigenvalue weighted by molar-refractivity contribution is 0.104. The fraction of sp³-hybridized carbons (Fsp3) is 0.444. The number of carbonyl (C=O) groups is 1. The summed E-state index contributed by atoms with van der Waals surface area (Å²) in [6.07, 6.45) is 9.61. The molecule has 0 N–H and O–H groups in total. The van der Waals surface area contributed by atoms with Gasteiger partial charge in [-0.2, -0.15) is 0 Å². The molecule has 0 saturated carbocycles. The molecule has 2 rings (SSSR count). The fourth-order valence-corrected chi connectivity index (χ4v) is 2.87. The van der Waals surface area contributed by atoms with Gasteiger partial charge in [0.1, 0.15) is 17.2 Å².